The van der Waals surface area contributed by atoms with E-state index in [-0.39, 0.29) is 30.1 Å². The molecule has 7 nitrogen and oxygen atoms in total. The summed E-state index contributed by atoms with van der Waals surface area (Å²) in [6, 6.07) is 10.6. The van der Waals surface area contributed by atoms with Crippen LogP contribution < -0.4 is 10.6 Å². The van der Waals surface area contributed by atoms with Gasteiger partial charge in [0, 0.05) is 52.9 Å². The quantitative estimate of drug-likeness (QED) is 0.263. The zero-order valence-electron chi connectivity index (χ0n) is 18.1. The van der Waals surface area contributed by atoms with Crippen LogP contribution in [0, 0.1) is 0 Å². The second-order valence-corrected chi connectivity index (χ2v) is 8.01. The first kappa shape index (κ1) is 25.5. The fourth-order valence-corrected chi connectivity index (χ4v) is 3.08. The minimum Gasteiger partial charge on any atom is -0.444 e. The largest absolute Gasteiger partial charge is 0.444 e. The standard InChI is InChI=1S/C21H35N5O2.HI/c1-21(2,3)28-20(27)24-12-8-11-23-19(22-4)26-15-13-25(14-16-26)17-18-9-6-5-7-10-18;/h5-7,9-10H,8,11-17H2,1-4H3,(H,22,23)(H,24,27);1H. The van der Waals surface area contributed by atoms with Crippen molar-refractivity contribution in [3.63, 3.8) is 0 Å². The van der Waals surface area contributed by atoms with E-state index >= 15 is 0 Å². The number of ether oxygens (including phenoxy) is 1. The van der Waals surface area contributed by atoms with Gasteiger partial charge in [-0.1, -0.05) is 30.3 Å². The van der Waals surface area contributed by atoms with E-state index in [2.05, 4.69) is 55.8 Å². The molecule has 1 saturated heterocycles. The molecule has 1 heterocycles. The van der Waals surface area contributed by atoms with E-state index in [0.29, 0.717) is 6.54 Å². The molecular formula is C21H36IN5O2. The molecule has 0 aromatic heterocycles. The van der Waals surface area contributed by atoms with Gasteiger partial charge in [-0.15, -0.1) is 24.0 Å². The van der Waals surface area contributed by atoms with Crippen molar-refractivity contribution in [3.05, 3.63) is 35.9 Å². The van der Waals surface area contributed by atoms with E-state index in [1.807, 2.05) is 27.8 Å². The van der Waals surface area contributed by atoms with Crippen LogP contribution >= 0.6 is 24.0 Å². The van der Waals surface area contributed by atoms with Crippen LogP contribution in [0.2, 0.25) is 0 Å². The summed E-state index contributed by atoms with van der Waals surface area (Å²) in [5.41, 5.74) is 0.892. The molecule has 0 radical (unpaired) electrons. The number of nitrogens with zero attached hydrogens (tertiary/aromatic N) is 3. The van der Waals surface area contributed by atoms with Crippen molar-refractivity contribution in [2.75, 3.05) is 46.3 Å². The zero-order chi connectivity index (χ0) is 20.4. The minimum absolute atomic E-state index is 0. The first-order valence-electron chi connectivity index (χ1n) is 10.1. The molecule has 1 aliphatic rings. The molecule has 29 heavy (non-hydrogen) atoms. The molecule has 1 aromatic rings. The maximum atomic E-state index is 11.6. The second-order valence-electron chi connectivity index (χ2n) is 8.01. The number of rotatable bonds is 6. The van der Waals surface area contributed by atoms with Gasteiger partial charge in [-0.2, -0.15) is 0 Å². The van der Waals surface area contributed by atoms with Crippen LogP contribution in [-0.4, -0.2) is 73.8 Å². The Balaban J connectivity index is 0.00000420. The van der Waals surface area contributed by atoms with Crippen molar-refractivity contribution < 1.29 is 9.53 Å². The number of benzene rings is 1. The van der Waals surface area contributed by atoms with Crippen molar-refractivity contribution in [2.45, 2.75) is 39.3 Å². The lowest BCUT2D eigenvalue weighted by atomic mass is 10.2. The predicted octanol–water partition coefficient (Wildman–Crippen LogP) is 2.91. The number of alkyl carbamates (subject to hydrolysis) is 1. The molecule has 1 amide bonds. The van der Waals surface area contributed by atoms with E-state index in [4.69, 9.17) is 4.74 Å². The van der Waals surface area contributed by atoms with Crippen molar-refractivity contribution in [1.82, 2.24) is 20.4 Å². The lowest BCUT2D eigenvalue weighted by Crippen LogP contribution is -2.52. The van der Waals surface area contributed by atoms with Crippen LogP contribution in [-0.2, 0) is 11.3 Å². The Morgan fingerprint density at radius 1 is 1.07 bits per heavy atom. The van der Waals surface area contributed by atoms with Crippen molar-refractivity contribution in [1.29, 1.82) is 0 Å². The summed E-state index contributed by atoms with van der Waals surface area (Å²) in [5, 5.41) is 6.17. The van der Waals surface area contributed by atoms with Crippen LogP contribution in [0.3, 0.4) is 0 Å². The van der Waals surface area contributed by atoms with Gasteiger partial charge in [0.05, 0.1) is 0 Å². The molecule has 0 unspecified atom stereocenters. The number of carbonyl (C=O) groups excluding carboxylic acids is 1. The van der Waals surface area contributed by atoms with Gasteiger partial charge in [0.1, 0.15) is 5.60 Å². The minimum atomic E-state index is -0.465. The average Bonchev–Trinajstić information content (AvgIpc) is 2.65. The highest BCUT2D eigenvalue weighted by Gasteiger charge is 2.19. The fourth-order valence-electron chi connectivity index (χ4n) is 3.08. The summed E-state index contributed by atoms with van der Waals surface area (Å²) in [6.07, 6.45) is 0.443. The molecule has 164 valence electrons. The SMILES string of the molecule is CN=C(NCCCNC(=O)OC(C)(C)C)N1CCN(Cc2ccccc2)CC1.I. The third-order valence-corrected chi connectivity index (χ3v) is 4.44. The number of hydrogen-bond acceptors (Lipinski definition) is 4. The molecule has 1 aromatic carbocycles. The van der Waals surface area contributed by atoms with Crippen molar-refractivity contribution in [3.8, 4) is 0 Å². The molecule has 8 heteroatoms. The number of guanidine groups is 1. The van der Waals surface area contributed by atoms with Crippen LogP contribution in [0.15, 0.2) is 35.3 Å². The van der Waals surface area contributed by atoms with Crippen molar-refractivity contribution in [2.24, 2.45) is 4.99 Å². The Morgan fingerprint density at radius 3 is 2.28 bits per heavy atom. The Hall–Kier alpha value is -1.55. The summed E-state index contributed by atoms with van der Waals surface area (Å²) in [5.74, 6) is 0.927. The Bertz CT molecular complexity index is 626. The molecule has 2 N–H and O–H groups in total. The number of hydrogen-bond donors (Lipinski definition) is 2. The Kier molecular flexibility index (Phi) is 11.3. The van der Waals surface area contributed by atoms with E-state index in [9.17, 15) is 4.79 Å². The van der Waals surface area contributed by atoms with Gasteiger partial charge in [0.2, 0.25) is 0 Å². The molecular weight excluding hydrogens is 481 g/mol. The van der Waals surface area contributed by atoms with Gasteiger partial charge >= 0.3 is 6.09 Å². The lowest BCUT2D eigenvalue weighted by molar-refractivity contribution is 0.0527. The normalized spacial score (nSPS) is 15.4. The topological polar surface area (TPSA) is 69.2 Å². The maximum Gasteiger partial charge on any atom is 0.407 e. The fraction of sp³-hybridized carbons (Fsp3) is 0.619. The summed E-state index contributed by atoms with van der Waals surface area (Å²) < 4.78 is 5.23. The van der Waals surface area contributed by atoms with Gasteiger partial charge in [0.15, 0.2) is 5.96 Å². The average molecular weight is 517 g/mol. The van der Waals surface area contributed by atoms with Crippen molar-refractivity contribution >= 4 is 36.0 Å². The predicted molar refractivity (Wildman–Crippen MR) is 129 cm³/mol. The second kappa shape index (κ2) is 12.9. The van der Waals surface area contributed by atoms with E-state index in [1.165, 1.54) is 5.56 Å². The Morgan fingerprint density at radius 2 is 1.69 bits per heavy atom. The summed E-state index contributed by atoms with van der Waals surface area (Å²) in [4.78, 5) is 20.8. The van der Waals surface area contributed by atoms with E-state index < -0.39 is 5.60 Å². The molecule has 0 atom stereocenters. The van der Waals surface area contributed by atoms with Crippen LogP contribution in [0.1, 0.15) is 32.8 Å². The number of carbonyl (C=O) groups is 1. The first-order chi connectivity index (χ1) is 13.4. The zero-order valence-corrected chi connectivity index (χ0v) is 20.4. The first-order valence-corrected chi connectivity index (χ1v) is 10.1. The maximum absolute atomic E-state index is 11.6. The third kappa shape index (κ3) is 10.2. The highest BCUT2D eigenvalue weighted by molar-refractivity contribution is 14.0. The summed E-state index contributed by atoms with van der Waals surface area (Å²) in [7, 11) is 1.82. The number of halogens is 1. The number of nitrogens with one attached hydrogen (secondary N) is 2. The van der Waals surface area contributed by atoms with Gasteiger partial charge in [-0.25, -0.2) is 4.79 Å². The van der Waals surface area contributed by atoms with Crippen LogP contribution in [0.5, 0.6) is 0 Å². The van der Waals surface area contributed by atoms with Gasteiger partial charge in [-0.3, -0.25) is 9.89 Å². The molecule has 0 bridgehead atoms. The molecule has 1 aliphatic heterocycles. The Labute approximate surface area is 192 Å². The van der Waals surface area contributed by atoms with E-state index in [1.54, 1.807) is 0 Å². The molecule has 2 rings (SSSR count). The highest BCUT2D eigenvalue weighted by Crippen LogP contribution is 2.09. The van der Waals surface area contributed by atoms with Gasteiger partial charge in [0.25, 0.3) is 0 Å². The van der Waals surface area contributed by atoms with Gasteiger partial charge in [-0.05, 0) is 32.8 Å². The van der Waals surface area contributed by atoms with Crippen LogP contribution in [0.4, 0.5) is 4.79 Å². The van der Waals surface area contributed by atoms with Crippen LogP contribution in [0.25, 0.3) is 0 Å². The number of amides is 1. The highest BCUT2D eigenvalue weighted by atomic mass is 127. The summed E-state index contributed by atoms with van der Waals surface area (Å²) in [6.45, 7) is 11.9. The third-order valence-electron chi connectivity index (χ3n) is 4.44. The molecule has 0 aliphatic carbocycles. The number of aliphatic imine (C=N–C) groups is 1. The molecule has 0 spiro atoms. The van der Waals surface area contributed by atoms with E-state index in [0.717, 1.165) is 51.6 Å². The molecule has 1 fully saturated rings. The lowest BCUT2D eigenvalue weighted by Gasteiger charge is -2.36. The molecule has 0 saturated carbocycles. The monoisotopic (exact) mass is 517 g/mol. The van der Waals surface area contributed by atoms with Gasteiger partial charge < -0.3 is 20.3 Å². The number of piperazine rings is 1. The summed E-state index contributed by atoms with van der Waals surface area (Å²) >= 11 is 0. The smallest absolute Gasteiger partial charge is 0.407 e.